The summed E-state index contributed by atoms with van der Waals surface area (Å²) >= 11 is 0. The third-order valence-electron chi connectivity index (χ3n) is 4.46. The Kier molecular flexibility index (Phi) is 6.30. The van der Waals surface area contributed by atoms with Gasteiger partial charge in [0, 0.05) is 31.2 Å². The number of rotatable bonds is 7. The molecule has 0 aromatic carbocycles. The minimum absolute atomic E-state index is 0.150. The van der Waals surface area contributed by atoms with Crippen molar-refractivity contribution < 1.29 is 14.3 Å². The second-order valence-electron chi connectivity index (χ2n) is 6.48. The summed E-state index contributed by atoms with van der Waals surface area (Å²) in [5, 5.41) is 3.09. The Morgan fingerprint density at radius 1 is 1.27 bits per heavy atom. The molecule has 8 heteroatoms. The maximum absolute atomic E-state index is 12.6. The number of carbonyl (C=O) groups excluding carboxylic acids is 1. The lowest BCUT2D eigenvalue weighted by molar-refractivity contribution is -0.00409. The van der Waals surface area contributed by atoms with E-state index < -0.39 is 0 Å². The fourth-order valence-corrected chi connectivity index (χ4v) is 3.09. The van der Waals surface area contributed by atoms with Gasteiger partial charge in [0.25, 0.3) is 5.91 Å². The lowest BCUT2D eigenvalue weighted by atomic mass is 9.93. The molecule has 8 nitrogen and oxygen atoms in total. The molecule has 3 rings (SSSR count). The molecular weight excluding hydrogens is 334 g/mol. The van der Waals surface area contributed by atoms with Gasteiger partial charge in [0.15, 0.2) is 0 Å². The molecule has 0 saturated heterocycles. The standard InChI is InChI=1S/C18H25N5O3/c1-13-11-16(22-18(20-13)23-8-7-19-12-23)17(24)21-14-3-5-15(6-4-14)26-10-9-25-2/h7-8,11-12,14-15H,3-6,9-10H2,1-2H3,(H,21,24)/t14-,15+. The molecule has 1 saturated carbocycles. The van der Waals surface area contributed by atoms with Gasteiger partial charge in [-0.3, -0.25) is 9.36 Å². The Labute approximate surface area is 153 Å². The van der Waals surface area contributed by atoms with Crippen molar-refractivity contribution in [1.82, 2.24) is 24.8 Å². The van der Waals surface area contributed by atoms with Crippen LogP contribution in [-0.4, -0.2) is 57.9 Å². The normalized spacial score (nSPS) is 20.1. The molecule has 140 valence electrons. The lowest BCUT2D eigenvalue weighted by Gasteiger charge is -2.29. The van der Waals surface area contributed by atoms with Gasteiger partial charge in [-0.15, -0.1) is 0 Å². The zero-order valence-electron chi connectivity index (χ0n) is 15.2. The summed E-state index contributed by atoms with van der Waals surface area (Å²) in [7, 11) is 1.67. The van der Waals surface area contributed by atoms with E-state index in [9.17, 15) is 4.79 Å². The molecule has 2 aromatic heterocycles. The topological polar surface area (TPSA) is 91.2 Å². The average Bonchev–Trinajstić information content (AvgIpc) is 3.18. The van der Waals surface area contributed by atoms with Crippen LogP contribution in [0, 0.1) is 6.92 Å². The molecule has 0 radical (unpaired) electrons. The molecule has 26 heavy (non-hydrogen) atoms. The van der Waals surface area contributed by atoms with Crippen molar-refractivity contribution in [2.24, 2.45) is 0 Å². The summed E-state index contributed by atoms with van der Waals surface area (Å²) in [6, 6.07) is 1.85. The van der Waals surface area contributed by atoms with E-state index in [0.717, 1.165) is 31.4 Å². The van der Waals surface area contributed by atoms with Crippen molar-refractivity contribution in [3.63, 3.8) is 0 Å². The third-order valence-corrected chi connectivity index (χ3v) is 4.46. The highest BCUT2D eigenvalue weighted by Crippen LogP contribution is 2.21. The van der Waals surface area contributed by atoms with Crippen LogP contribution in [0.1, 0.15) is 41.9 Å². The van der Waals surface area contributed by atoms with Crippen LogP contribution in [0.5, 0.6) is 0 Å². The van der Waals surface area contributed by atoms with Gasteiger partial charge in [0.2, 0.25) is 5.95 Å². The molecule has 1 N–H and O–H groups in total. The second-order valence-corrected chi connectivity index (χ2v) is 6.48. The number of methoxy groups -OCH3 is 1. The SMILES string of the molecule is COCCO[C@H]1CC[C@@H](NC(=O)c2cc(C)nc(-n3ccnc3)n2)CC1. The predicted molar refractivity (Wildman–Crippen MR) is 95.2 cm³/mol. The number of aromatic nitrogens is 4. The minimum Gasteiger partial charge on any atom is -0.382 e. The van der Waals surface area contributed by atoms with E-state index in [-0.39, 0.29) is 18.1 Å². The highest BCUT2D eigenvalue weighted by Gasteiger charge is 2.24. The number of ether oxygens (including phenoxy) is 2. The smallest absolute Gasteiger partial charge is 0.270 e. The third kappa shape index (κ3) is 4.86. The van der Waals surface area contributed by atoms with Crippen LogP contribution in [0.4, 0.5) is 0 Å². The van der Waals surface area contributed by atoms with Crippen LogP contribution < -0.4 is 5.32 Å². The molecule has 2 heterocycles. The summed E-state index contributed by atoms with van der Waals surface area (Å²) < 4.78 is 12.5. The van der Waals surface area contributed by atoms with Gasteiger partial charge in [0.05, 0.1) is 19.3 Å². The van der Waals surface area contributed by atoms with E-state index >= 15 is 0 Å². The summed E-state index contributed by atoms with van der Waals surface area (Å²) in [5.74, 6) is 0.281. The van der Waals surface area contributed by atoms with Crippen LogP contribution in [0.3, 0.4) is 0 Å². The molecule has 1 aliphatic rings. The first-order valence-electron chi connectivity index (χ1n) is 8.91. The highest BCUT2D eigenvalue weighted by molar-refractivity contribution is 5.92. The molecule has 1 fully saturated rings. The van der Waals surface area contributed by atoms with E-state index in [1.165, 1.54) is 0 Å². The maximum Gasteiger partial charge on any atom is 0.270 e. The minimum atomic E-state index is -0.166. The maximum atomic E-state index is 12.6. The van der Waals surface area contributed by atoms with Crippen LogP contribution in [-0.2, 0) is 9.47 Å². The number of hydrogen-bond donors (Lipinski definition) is 1. The zero-order chi connectivity index (χ0) is 18.4. The predicted octanol–water partition coefficient (Wildman–Crippen LogP) is 1.67. The van der Waals surface area contributed by atoms with E-state index in [0.29, 0.717) is 24.9 Å². The lowest BCUT2D eigenvalue weighted by Crippen LogP contribution is -2.39. The van der Waals surface area contributed by atoms with Gasteiger partial charge in [-0.25, -0.2) is 15.0 Å². The Morgan fingerprint density at radius 3 is 2.77 bits per heavy atom. The van der Waals surface area contributed by atoms with Crippen molar-refractivity contribution in [2.75, 3.05) is 20.3 Å². The fraction of sp³-hybridized carbons (Fsp3) is 0.556. The van der Waals surface area contributed by atoms with E-state index in [1.807, 2.05) is 6.92 Å². The molecule has 0 aliphatic heterocycles. The van der Waals surface area contributed by atoms with Gasteiger partial charge < -0.3 is 14.8 Å². The molecule has 0 bridgehead atoms. The fourth-order valence-electron chi connectivity index (χ4n) is 3.09. The first-order valence-corrected chi connectivity index (χ1v) is 8.91. The number of amides is 1. The second kappa shape index (κ2) is 8.86. The van der Waals surface area contributed by atoms with Crippen LogP contribution in [0.25, 0.3) is 5.95 Å². The van der Waals surface area contributed by atoms with Crippen molar-refractivity contribution in [2.45, 2.75) is 44.8 Å². The molecule has 0 unspecified atom stereocenters. The Hall–Kier alpha value is -2.32. The number of nitrogens with one attached hydrogen (secondary N) is 1. The Balaban J connectivity index is 1.56. The summed E-state index contributed by atoms with van der Waals surface area (Å²) in [4.78, 5) is 25.3. The molecule has 1 aliphatic carbocycles. The molecule has 0 spiro atoms. The Morgan fingerprint density at radius 2 is 2.08 bits per heavy atom. The molecule has 1 amide bonds. The largest absolute Gasteiger partial charge is 0.382 e. The molecular formula is C18H25N5O3. The van der Waals surface area contributed by atoms with Gasteiger partial charge in [-0.1, -0.05) is 0 Å². The Bertz CT molecular complexity index is 712. The monoisotopic (exact) mass is 359 g/mol. The van der Waals surface area contributed by atoms with Crippen LogP contribution in [0.2, 0.25) is 0 Å². The first-order chi connectivity index (χ1) is 12.7. The first kappa shape index (κ1) is 18.5. The number of nitrogens with zero attached hydrogens (tertiary/aromatic N) is 4. The van der Waals surface area contributed by atoms with Gasteiger partial charge in [-0.2, -0.15) is 0 Å². The number of imidazole rings is 1. The van der Waals surface area contributed by atoms with E-state index in [4.69, 9.17) is 9.47 Å². The number of aryl methyl sites for hydroxylation is 1. The van der Waals surface area contributed by atoms with Crippen molar-refractivity contribution in [3.05, 3.63) is 36.2 Å². The summed E-state index contributed by atoms with van der Waals surface area (Å²) in [6.07, 6.45) is 8.97. The quantitative estimate of drug-likeness (QED) is 0.756. The van der Waals surface area contributed by atoms with Gasteiger partial charge in [0.1, 0.15) is 12.0 Å². The molecule has 0 atom stereocenters. The van der Waals surface area contributed by atoms with Crippen molar-refractivity contribution >= 4 is 5.91 Å². The van der Waals surface area contributed by atoms with Gasteiger partial charge in [-0.05, 0) is 38.7 Å². The van der Waals surface area contributed by atoms with Gasteiger partial charge >= 0.3 is 0 Å². The zero-order valence-corrected chi connectivity index (χ0v) is 15.2. The van der Waals surface area contributed by atoms with Crippen LogP contribution >= 0.6 is 0 Å². The van der Waals surface area contributed by atoms with Crippen LogP contribution in [0.15, 0.2) is 24.8 Å². The summed E-state index contributed by atoms with van der Waals surface area (Å²) in [5.41, 5.74) is 1.11. The number of hydrogen-bond acceptors (Lipinski definition) is 6. The van der Waals surface area contributed by atoms with Crippen molar-refractivity contribution in [3.8, 4) is 5.95 Å². The van der Waals surface area contributed by atoms with E-state index in [1.54, 1.807) is 36.5 Å². The van der Waals surface area contributed by atoms with Crippen molar-refractivity contribution in [1.29, 1.82) is 0 Å². The van der Waals surface area contributed by atoms with E-state index in [2.05, 4.69) is 20.3 Å². The highest BCUT2D eigenvalue weighted by atomic mass is 16.5. The summed E-state index contributed by atoms with van der Waals surface area (Å²) in [6.45, 7) is 3.08. The average molecular weight is 359 g/mol. The number of carbonyl (C=O) groups is 1. The molecule has 2 aromatic rings.